The van der Waals surface area contributed by atoms with E-state index in [1.165, 1.54) is 13.2 Å². The minimum Gasteiger partial charge on any atom is -0.494 e. The van der Waals surface area contributed by atoms with Gasteiger partial charge in [0.25, 0.3) is 0 Å². The molecule has 0 aliphatic carbocycles. The monoisotopic (exact) mass is 240 g/mol. The van der Waals surface area contributed by atoms with Crippen molar-refractivity contribution in [3.63, 3.8) is 0 Å². The Morgan fingerprint density at radius 1 is 1.47 bits per heavy atom. The van der Waals surface area contributed by atoms with Crippen molar-refractivity contribution in [3.8, 4) is 5.75 Å². The van der Waals surface area contributed by atoms with Gasteiger partial charge in [-0.3, -0.25) is 0 Å². The van der Waals surface area contributed by atoms with E-state index in [0.717, 1.165) is 18.5 Å². The summed E-state index contributed by atoms with van der Waals surface area (Å²) in [5.74, 6) is -0.0300. The largest absolute Gasteiger partial charge is 0.494 e. The van der Waals surface area contributed by atoms with Gasteiger partial charge in [-0.2, -0.15) is 0 Å². The van der Waals surface area contributed by atoms with Crippen LogP contribution in [0.2, 0.25) is 0 Å². The van der Waals surface area contributed by atoms with E-state index in [1.54, 1.807) is 6.07 Å². The Morgan fingerprint density at radius 3 is 2.71 bits per heavy atom. The Balaban J connectivity index is 2.53. The average molecular weight is 240 g/mol. The molecule has 2 N–H and O–H groups in total. The Bertz CT molecular complexity index is 355. The molecule has 0 aliphatic rings. The van der Waals surface area contributed by atoms with Gasteiger partial charge >= 0.3 is 0 Å². The van der Waals surface area contributed by atoms with Crippen LogP contribution >= 0.6 is 0 Å². The number of ether oxygens (including phenoxy) is 1. The van der Waals surface area contributed by atoms with E-state index in [1.807, 2.05) is 20.0 Å². The van der Waals surface area contributed by atoms with Gasteiger partial charge < -0.3 is 15.4 Å². The number of benzene rings is 1. The van der Waals surface area contributed by atoms with Crippen molar-refractivity contribution in [3.05, 3.63) is 29.6 Å². The Hall–Kier alpha value is -1.13. The first-order valence-corrected chi connectivity index (χ1v) is 5.79. The summed E-state index contributed by atoms with van der Waals surface area (Å²) in [5.41, 5.74) is 6.63. The summed E-state index contributed by atoms with van der Waals surface area (Å²) in [6.45, 7) is 3.61. The number of rotatable bonds is 6. The number of halogens is 1. The Kier molecular flexibility index (Phi) is 5.38. The fraction of sp³-hybridized carbons (Fsp3) is 0.538. The number of hydrogen-bond acceptors (Lipinski definition) is 3. The highest BCUT2D eigenvalue weighted by Gasteiger charge is 2.06. The summed E-state index contributed by atoms with van der Waals surface area (Å²) in [7, 11) is 3.47. The molecule has 1 rings (SSSR count). The average Bonchev–Trinajstić information content (AvgIpc) is 2.26. The zero-order valence-corrected chi connectivity index (χ0v) is 10.7. The molecule has 0 aliphatic heterocycles. The second kappa shape index (κ2) is 6.57. The zero-order chi connectivity index (χ0) is 12.8. The zero-order valence-electron chi connectivity index (χ0n) is 10.7. The normalized spacial score (nSPS) is 12.8. The van der Waals surface area contributed by atoms with Crippen LogP contribution in [-0.4, -0.2) is 31.6 Å². The molecule has 4 heteroatoms. The molecule has 0 saturated carbocycles. The molecular weight excluding hydrogens is 219 g/mol. The molecule has 0 radical (unpaired) electrons. The van der Waals surface area contributed by atoms with E-state index in [0.29, 0.717) is 6.54 Å². The maximum atomic E-state index is 13.5. The smallest absolute Gasteiger partial charge is 0.165 e. The number of methoxy groups -OCH3 is 1. The van der Waals surface area contributed by atoms with E-state index in [4.69, 9.17) is 10.5 Å². The van der Waals surface area contributed by atoms with Crippen LogP contribution in [0, 0.1) is 5.82 Å². The summed E-state index contributed by atoms with van der Waals surface area (Å²) in [5, 5.41) is 0. The molecule has 0 aromatic heterocycles. The Labute approximate surface area is 102 Å². The van der Waals surface area contributed by atoms with Crippen LogP contribution in [0.3, 0.4) is 0 Å². The van der Waals surface area contributed by atoms with Crippen molar-refractivity contribution in [2.24, 2.45) is 5.73 Å². The maximum absolute atomic E-state index is 13.5. The molecule has 17 heavy (non-hydrogen) atoms. The summed E-state index contributed by atoms with van der Waals surface area (Å²) in [4.78, 5) is 2.13. The van der Waals surface area contributed by atoms with Crippen molar-refractivity contribution in [1.29, 1.82) is 0 Å². The summed E-state index contributed by atoms with van der Waals surface area (Å²) < 4.78 is 18.3. The van der Waals surface area contributed by atoms with E-state index in [-0.39, 0.29) is 17.6 Å². The molecule has 1 aromatic carbocycles. The van der Waals surface area contributed by atoms with E-state index in [9.17, 15) is 4.39 Å². The quantitative estimate of drug-likeness (QED) is 0.826. The number of hydrogen-bond donors (Lipinski definition) is 1. The van der Waals surface area contributed by atoms with Gasteiger partial charge in [0.05, 0.1) is 7.11 Å². The first-order valence-electron chi connectivity index (χ1n) is 5.79. The molecule has 0 saturated heterocycles. The van der Waals surface area contributed by atoms with Crippen LogP contribution in [-0.2, 0) is 6.54 Å². The third kappa shape index (κ3) is 4.71. The van der Waals surface area contributed by atoms with Crippen LogP contribution < -0.4 is 10.5 Å². The molecule has 1 unspecified atom stereocenters. The van der Waals surface area contributed by atoms with Crippen LogP contribution in [0.5, 0.6) is 5.75 Å². The van der Waals surface area contributed by atoms with E-state index < -0.39 is 0 Å². The maximum Gasteiger partial charge on any atom is 0.165 e. The molecule has 0 fully saturated rings. The van der Waals surface area contributed by atoms with Crippen molar-refractivity contribution in [2.45, 2.75) is 25.9 Å². The van der Waals surface area contributed by atoms with E-state index in [2.05, 4.69) is 4.90 Å². The third-order valence-corrected chi connectivity index (χ3v) is 2.63. The molecule has 0 amide bonds. The fourth-order valence-corrected chi connectivity index (χ4v) is 1.62. The van der Waals surface area contributed by atoms with Crippen molar-refractivity contribution < 1.29 is 9.13 Å². The van der Waals surface area contributed by atoms with Gasteiger partial charge in [-0.05, 0) is 44.6 Å². The van der Waals surface area contributed by atoms with Crippen LogP contribution in [0.4, 0.5) is 4.39 Å². The van der Waals surface area contributed by atoms with Gasteiger partial charge in [0.2, 0.25) is 0 Å². The predicted octanol–water partition coefficient (Wildman–Crippen LogP) is 2.00. The molecular formula is C13H21FN2O. The van der Waals surface area contributed by atoms with Crippen molar-refractivity contribution in [2.75, 3.05) is 20.7 Å². The molecule has 1 atom stereocenters. The standard InChI is InChI=1S/C13H21FN2O/c1-10(15)6-7-16(2)9-11-4-5-13(17-3)12(14)8-11/h4-5,8,10H,6-7,9,15H2,1-3H3. The number of nitrogens with two attached hydrogens (primary N) is 1. The van der Waals surface area contributed by atoms with Crippen LogP contribution in [0.25, 0.3) is 0 Å². The highest BCUT2D eigenvalue weighted by atomic mass is 19.1. The number of nitrogens with zero attached hydrogens (tertiary/aromatic N) is 1. The van der Waals surface area contributed by atoms with Gasteiger partial charge in [-0.1, -0.05) is 6.07 Å². The summed E-state index contributed by atoms with van der Waals surface area (Å²) in [6.07, 6.45) is 0.940. The minimum absolute atomic E-state index is 0.199. The van der Waals surface area contributed by atoms with Gasteiger partial charge in [-0.25, -0.2) is 4.39 Å². The first kappa shape index (κ1) is 13.9. The predicted molar refractivity (Wildman–Crippen MR) is 67.6 cm³/mol. The lowest BCUT2D eigenvalue weighted by atomic mass is 10.2. The van der Waals surface area contributed by atoms with Crippen molar-refractivity contribution >= 4 is 0 Å². The topological polar surface area (TPSA) is 38.5 Å². The lowest BCUT2D eigenvalue weighted by Gasteiger charge is -2.18. The lowest BCUT2D eigenvalue weighted by molar-refractivity contribution is 0.312. The minimum atomic E-state index is -0.314. The van der Waals surface area contributed by atoms with Gasteiger partial charge in [0, 0.05) is 12.6 Å². The lowest BCUT2D eigenvalue weighted by Crippen LogP contribution is -2.25. The molecule has 3 nitrogen and oxygen atoms in total. The van der Waals surface area contributed by atoms with Gasteiger partial charge in [0.15, 0.2) is 11.6 Å². The summed E-state index contributed by atoms with van der Waals surface area (Å²) >= 11 is 0. The third-order valence-electron chi connectivity index (χ3n) is 2.63. The van der Waals surface area contributed by atoms with Crippen molar-refractivity contribution in [1.82, 2.24) is 4.90 Å². The van der Waals surface area contributed by atoms with E-state index >= 15 is 0 Å². The van der Waals surface area contributed by atoms with Crippen LogP contribution in [0.1, 0.15) is 18.9 Å². The fourth-order valence-electron chi connectivity index (χ4n) is 1.62. The molecule has 0 spiro atoms. The molecule has 96 valence electrons. The molecule has 1 aromatic rings. The highest BCUT2D eigenvalue weighted by molar-refractivity contribution is 5.29. The molecule has 0 bridgehead atoms. The second-order valence-electron chi connectivity index (χ2n) is 4.47. The first-order chi connectivity index (χ1) is 8.02. The van der Waals surface area contributed by atoms with Gasteiger partial charge in [0.1, 0.15) is 0 Å². The SMILES string of the molecule is COc1ccc(CN(C)CCC(C)N)cc1F. The summed E-state index contributed by atoms with van der Waals surface area (Å²) in [6, 6.07) is 5.25. The highest BCUT2D eigenvalue weighted by Crippen LogP contribution is 2.18. The second-order valence-corrected chi connectivity index (χ2v) is 4.47. The van der Waals surface area contributed by atoms with Gasteiger partial charge in [-0.15, -0.1) is 0 Å². The van der Waals surface area contributed by atoms with Crippen LogP contribution in [0.15, 0.2) is 18.2 Å². The Morgan fingerprint density at radius 2 is 2.18 bits per heavy atom. The molecule has 0 heterocycles.